The quantitative estimate of drug-likeness (QED) is 0.789. The lowest BCUT2D eigenvalue weighted by Crippen LogP contribution is -2.16. The van der Waals surface area contributed by atoms with Gasteiger partial charge < -0.3 is 10.6 Å². The predicted octanol–water partition coefficient (Wildman–Crippen LogP) is 2.36. The average Bonchev–Trinajstić information content (AvgIpc) is 2.80. The van der Waals surface area contributed by atoms with Gasteiger partial charge >= 0.3 is 0 Å². The molecule has 0 saturated carbocycles. The van der Waals surface area contributed by atoms with Crippen molar-refractivity contribution in [3.8, 4) is 6.07 Å². The Balaban J connectivity index is 1.95. The average molecular weight is 250 g/mol. The van der Waals surface area contributed by atoms with Crippen LogP contribution in [0.3, 0.4) is 0 Å². The molecule has 4 heteroatoms. The van der Waals surface area contributed by atoms with Crippen LogP contribution in [-0.4, -0.2) is 4.98 Å². The van der Waals surface area contributed by atoms with Gasteiger partial charge in [0.25, 0.3) is 0 Å². The fourth-order valence-corrected chi connectivity index (χ4v) is 2.45. The van der Waals surface area contributed by atoms with Crippen LogP contribution in [0.15, 0.2) is 30.3 Å². The van der Waals surface area contributed by atoms with E-state index in [-0.39, 0.29) is 0 Å². The number of nitrogens with zero attached hydrogens (tertiary/aromatic N) is 3. The first-order valence-corrected chi connectivity index (χ1v) is 6.17. The van der Waals surface area contributed by atoms with Crippen LogP contribution >= 0.6 is 0 Å². The number of hydrogen-bond acceptors (Lipinski definition) is 4. The molecule has 0 bridgehead atoms. The Kier molecular flexibility index (Phi) is 2.60. The lowest BCUT2D eigenvalue weighted by Gasteiger charge is -2.17. The lowest BCUT2D eigenvalue weighted by molar-refractivity contribution is 0.851. The molecule has 2 aromatic rings. The number of aryl methyl sites for hydroxylation is 1. The normalized spacial score (nSPS) is 13.2. The molecule has 19 heavy (non-hydrogen) atoms. The molecule has 0 fully saturated rings. The van der Waals surface area contributed by atoms with Crippen molar-refractivity contribution >= 4 is 11.5 Å². The van der Waals surface area contributed by atoms with Crippen LogP contribution in [0.5, 0.6) is 0 Å². The van der Waals surface area contributed by atoms with E-state index in [9.17, 15) is 0 Å². The monoisotopic (exact) mass is 250 g/mol. The Hall–Kier alpha value is -2.54. The number of rotatable bonds is 1. The van der Waals surface area contributed by atoms with Crippen molar-refractivity contribution in [1.29, 1.82) is 5.26 Å². The number of pyridine rings is 1. The summed E-state index contributed by atoms with van der Waals surface area (Å²) < 4.78 is 0. The molecule has 1 aliphatic rings. The van der Waals surface area contributed by atoms with Gasteiger partial charge in [0.15, 0.2) is 0 Å². The molecule has 1 aromatic carbocycles. The molecule has 3 rings (SSSR count). The number of benzene rings is 1. The molecule has 0 amide bonds. The van der Waals surface area contributed by atoms with Crippen molar-refractivity contribution in [2.45, 2.75) is 20.0 Å². The van der Waals surface area contributed by atoms with Crippen molar-refractivity contribution in [1.82, 2.24) is 4.98 Å². The van der Waals surface area contributed by atoms with E-state index in [2.05, 4.69) is 22.0 Å². The highest BCUT2D eigenvalue weighted by Crippen LogP contribution is 2.28. The number of hydrogen-bond donors (Lipinski definition) is 1. The third-order valence-corrected chi connectivity index (χ3v) is 3.35. The number of aromatic nitrogens is 1. The predicted molar refractivity (Wildman–Crippen MR) is 74.4 cm³/mol. The zero-order chi connectivity index (χ0) is 13.4. The summed E-state index contributed by atoms with van der Waals surface area (Å²) in [7, 11) is 0. The molecule has 0 spiro atoms. The second-order valence-electron chi connectivity index (χ2n) is 4.85. The number of nitrogen functional groups attached to an aromatic ring is 1. The maximum absolute atomic E-state index is 9.03. The molecule has 2 heterocycles. The molecule has 1 aliphatic heterocycles. The van der Waals surface area contributed by atoms with E-state index in [1.54, 1.807) is 6.07 Å². The summed E-state index contributed by atoms with van der Waals surface area (Å²) in [6, 6.07) is 11.8. The van der Waals surface area contributed by atoms with Crippen molar-refractivity contribution < 1.29 is 0 Å². The third kappa shape index (κ3) is 2.11. The Bertz CT molecular complexity index is 685. The number of fused-ring (bicyclic) bond motifs is 1. The van der Waals surface area contributed by atoms with Crippen LogP contribution in [0.2, 0.25) is 0 Å². The summed E-state index contributed by atoms with van der Waals surface area (Å²) in [5.74, 6) is 0.853. The highest BCUT2D eigenvalue weighted by molar-refractivity contribution is 5.54. The molecule has 0 atom stereocenters. The van der Waals surface area contributed by atoms with Gasteiger partial charge in [-0.1, -0.05) is 6.07 Å². The first-order valence-electron chi connectivity index (χ1n) is 6.17. The Labute approximate surface area is 112 Å². The second-order valence-corrected chi connectivity index (χ2v) is 4.85. The van der Waals surface area contributed by atoms with Gasteiger partial charge in [-0.15, -0.1) is 0 Å². The van der Waals surface area contributed by atoms with Gasteiger partial charge in [-0.05, 0) is 42.3 Å². The van der Waals surface area contributed by atoms with Crippen LogP contribution in [0.25, 0.3) is 0 Å². The molecule has 4 nitrogen and oxygen atoms in total. The minimum atomic E-state index is 0.651. The summed E-state index contributed by atoms with van der Waals surface area (Å²) >= 11 is 0. The second kappa shape index (κ2) is 4.29. The fraction of sp³-hybridized carbons (Fsp3) is 0.200. The summed E-state index contributed by atoms with van der Waals surface area (Å²) in [5, 5.41) is 9.03. The summed E-state index contributed by atoms with van der Waals surface area (Å²) in [6.07, 6.45) is 0. The van der Waals surface area contributed by atoms with Gasteiger partial charge in [0.1, 0.15) is 5.82 Å². The van der Waals surface area contributed by atoms with Crippen LogP contribution < -0.4 is 10.6 Å². The molecule has 0 unspecified atom stereocenters. The highest BCUT2D eigenvalue weighted by atomic mass is 15.2. The molecular formula is C15H14N4. The van der Waals surface area contributed by atoms with E-state index in [0.29, 0.717) is 5.56 Å². The zero-order valence-electron chi connectivity index (χ0n) is 10.7. The van der Waals surface area contributed by atoms with Crippen molar-refractivity contribution in [3.05, 3.63) is 52.7 Å². The molecule has 2 N–H and O–H groups in total. The number of anilines is 2. The van der Waals surface area contributed by atoms with Crippen LogP contribution in [0, 0.1) is 18.3 Å². The van der Waals surface area contributed by atoms with E-state index in [1.165, 1.54) is 11.1 Å². The van der Waals surface area contributed by atoms with Gasteiger partial charge in [0.2, 0.25) is 0 Å². The van der Waals surface area contributed by atoms with Crippen molar-refractivity contribution in [3.63, 3.8) is 0 Å². The van der Waals surface area contributed by atoms with Gasteiger partial charge in [0.05, 0.1) is 11.6 Å². The summed E-state index contributed by atoms with van der Waals surface area (Å²) in [4.78, 5) is 6.68. The van der Waals surface area contributed by atoms with Gasteiger partial charge in [-0.2, -0.15) is 5.26 Å². The molecule has 0 radical (unpaired) electrons. The van der Waals surface area contributed by atoms with Gasteiger partial charge in [0, 0.05) is 24.5 Å². The Morgan fingerprint density at radius 3 is 2.79 bits per heavy atom. The standard InChI is InChI=1S/C15H14N4/c1-10-4-11(7-16)5-15(18-10)19-8-12-2-3-14(17)6-13(12)9-19/h2-6H,8-9,17H2,1H3. The topological polar surface area (TPSA) is 65.9 Å². The van der Waals surface area contributed by atoms with Gasteiger partial charge in [-0.25, -0.2) is 4.98 Å². The van der Waals surface area contributed by atoms with Crippen LogP contribution in [0.4, 0.5) is 11.5 Å². The minimum Gasteiger partial charge on any atom is -0.399 e. The maximum Gasteiger partial charge on any atom is 0.130 e. The Morgan fingerprint density at radius 2 is 2.00 bits per heavy atom. The van der Waals surface area contributed by atoms with E-state index < -0.39 is 0 Å². The number of nitriles is 1. The van der Waals surface area contributed by atoms with E-state index in [0.717, 1.165) is 30.3 Å². The molecule has 0 aliphatic carbocycles. The van der Waals surface area contributed by atoms with Crippen LogP contribution in [-0.2, 0) is 13.1 Å². The van der Waals surface area contributed by atoms with E-state index >= 15 is 0 Å². The maximum atomic E-state index is 9.03. The summed E-state index contributed by atoms with van der Waals surface area (Å²) in [5.41, 5.74) is 10.6. The van der Waals surface area contributed by atoms with Crippen LogP contribution in [0.1, 0.15) is 22.4 Å². The van der Waals surface area contributed by atoms with E-state index in [4.69, 9.17) is 11.0 Å². The van der Waals surface area contributed by atoms with Gasteiger partial charge in [-0.3, -0.25) is 0 Å². The van der Waals surface area contributed by atoms with E-state index in [1.807, 2.05) is 25.1 Å². The smallest absolute Gasteiger partial charge is 0.130 e. The Morgan fingerprint density at radius 1 is 1.21 bits per heavy atom. The SMILES string of the molecule is Cc1cc(C#N)cc(N2Cc3ccc(N)cc3C2)n1. The molecule has 94 valence electrons. The largest absolute Gasteiger partial charge is 0.399 e. The zero-order valence-corrected chi connectivity index (χ0v) is 10.7. The fourth-order valence-electron chi connectivity index (χ4n) is 2.45. The molecule has 0 saturated heterocycles. The van der Waals surface area contributed by atoms with Crippen molar-refractivity contribution in [2.24, 2.45) is 0 Å². The lowest BCUT2D eigenvalue weighted by atomic mass is 10.1. The molecule has 1 aromatic heterocycles. The summed E-state index contributed by atoms with van der Waals surface area (Å²) in [6.45, 7) is 3.52. The first-order chi connectivity index (χ1) is 9.15. The molecular weight excluding hydrogens is 236 g/mol. The van der Waals surface area contributed by atoms with Crippen molar-refractivity contribution in [2.75, 3.05) is 10.6 Å². The number of nitrogens with two attached hydrogens (primary N) is 1. The third-order valence-electron chi connectivity index (χ3n) is 3.35. The first kappa shape index (κ1) is 11.5. The highest BCUT2D eigenvalue weighted by Gasteiger charge is 2.20. The minimum absolute atomic E-state index is 0.651.